The van der Waals surface area contributed by atoms with Crippen LogP contribution in [-0.4, -0.2) is 0 Å². The van der Waals surface area contributed by atoms with Crippen molar-refractivity contribution in [2.45, 2.75) is 13.8 Å². The summed E-state index contributed by atoms with van der Waals surface area (Å²) < 4.78 is 6.09. The van der Waals surface area contributed by atoms with E-state index in [1.807, 2.05) is 36.5 Å². The van der Waals surface area contributed by atoms with Gasteiger partial charge in [0.15, 0.2) is 0 Å². The van der Waals surface area contributed by atoms with Gasteiger partial charge in [0.1, 0.15) is 11.0 Å². The number of allylic oxidation sites excluding steroid dienone is 7. The molecule has 0 spiro atoms. The van der Waals surface area contributed by atoms with Crippen LogP contribution in [-0.2, 0) is 0 Å². The number of benzene rings is 2. The Morgan fingerprint density at radius 1 is 1.04 bits per heavy atom. The summed E-state index contributed by atoms with van der Waals surface area (Å²) in [5.74, 6) is 0. The molecule has 0 aliphatic rings. The number of furan rings is 1. The molecule has 1 heteroatoms. The van der Waals surface area contributed by atoms with E-state index in [9.17, 15) is 0 Å². The molecule has 0 fully saturated rings. The first-order valence-corrected chi connectivity index (χ1v) is 8.36. The van der Waals surface area contributed by atoms with E-state index in [4.69, 9.17) is 4.42 Å². The summed E-state index contributed by atoms with van der Waals surface area (Å²) >= 11 is 0. The quantitative estimate of drug-likeness (QED) is 0.591. The molecule has 0 atom stereocenters. The Morgan fingerprint density at radius 2 is 1.76 bits per heavy atom. The predicted octanol–water partition coefficient (Wildman–Crippen LogP) is 5.33. The number of aryl methyl sites for hydroxylation is 1. The molecule has 1 heterocycles. The van der Waals surface area contributed by atoms with Gasteiger partial charge in [0.2, 0.25) is 0 Å². The first kappa shape index (κ1) is 16.8. The van der Waals surface area contributed by atoms with E-state index < -0.39 is 0 Å². The molecule has 0 radical (unpaired) electrons. The van der Waals surface area contributed by atoms with E-state index in [0.29, 0.717) is 0 Å². The van der Waals surface area contributed by atoms with Crippen LogP contribution in [0.25, 0.3) is 34.4 Å². The van der Waals surface area contributed by atoms with Crippen LogP contribution in [0.4, 0.5) is 0 Å². The van der Waals surface area contributed by atoms with E-state index in [1.165, 1.54) is 16.3 Å². The van der Waals surface area contributed by atoms with Gasteiger partial charge in [-0.15, -0.1) is 0 Å². The Hall–Kier alpha value is -3.06. The smallest absolute Gasteiger partial charge is 0.136 e. The summed E-state index contributed by atoms with van der Waals surface area (Å²) in [4.78, 5) is 0. The summed E-state index contributed by atoms with van der Waals surface area (Å²) in [6.07, 6.45) is 13.6. The molecule has 1 aromatic heterocycles. The van der Waals surface area contributed by atoms with Crippen molar-refractivity contribution >= 4 is 34.4 Å². The predicted molar refractivity (Wildman–Crippen MR) is 110 cm³/mol. The van der Waals surface area contributed by atoms with E-state index in [2.05, 4.69) is 57.3 Å². The highest BCUT2D eigenvalue weighted by atomic mass is 16.3. The van der Waals surface area contributed by atoms with Gasteiger partial charge in [-0.25, -0.2) is 0 Å². The van der Waals surface area contributed by atoms with Crippen molar-refractivity contribution in [1.82, 2.24) is 0 Å². The summed E-state index contributed by atoms with van der Waals surface area (Å²) in [7, 11) is 0. The zero-order valence-electron chi connectivity index (χ0n) is 14.8. The summed E-state index contributed by atoms with van der Waals surface area (Å²) in [5, 5.41) is 4.48. The van der Waals surface area contributed by atoms with Gasteiger partial charge in [-0.1, -0.05) is 73.9 Å². The molecule has 124 valence electrons. The molecule has 0 aliphatic carbocycles. The minimum absolute atomic E-state index is 0.814. The molecule has 3 rings (SSSR count). The molecule has 0 saturated heterocycles. The van der Waals surface area contributed by atoms with Gasteiger partial charge < -0.3 is 4.42 Å². The van der Waals surface area contributed by atoms with Gasteiger partial charge in [0.25, 0.3) is 0 Å². The Labute approximate surface area is 148 Å². The normalized spacial score (nSPS) is 13.7. The van der Waals surface area contributed by atoms with Crippen LogP contribution >= 0.6 is 0 Å². The maximum absolute atomic E-state index is 6.09. The standard InChI is InChI=1S/C24H22O/c1-5-6-7-8-9-12-17(2)15-22-19(4)24-21-14-11-10-13-20(21)18(3)16-23(24)25-22/h5-16H,1,4H2,2-3H3/b7-6-,9-8-,17-12-,22-15+. The van der Waals surface area contributed by atoms with Crippen molar-refractivity contribution in [3.8, 4) is 0 Å². The molecule has 0 N–H and O–H groups in total. The Morgan fingerprint density at radius 3 is 2.52 bits per heavy atom. The minimum atomic E-state index is 0.814. The number of fused-ring (bicyclic) bond motifs is 3. The van der Waals surface area contributed by atoms with Crippen molar-refractivity contribution in [2.75, 3.05) is 0 Å². The summed E-state index contributed by atoms with van der Waals surface area (Å²) in [5.41, 5.74) is 4.03. The second-order valence-corrected chi connectivity index (χ2v) is 6.12. The fraction of sp³-hybridized carbons (Fsp3) is 0.0833. The van der Waals surface area contributed by atoms with Gasteiger partial charge in [-0.05, 0) is 47.9 Å². The molecule has 1 nitrogen and oxygen atoms in total. The topological polar surface area (TPSA) is 13.1 Å². The van der Waals surface area contributed by atoms with Gasteiger partial charge in [-0.3, -0.25) is 0 Å². The molecule has 2 aromatic carbocycles. The lowest BCUT2D eigenvalue weighted by molar-refractivity contribution is 0.575. The highest BCUT2D eigenvalue weighted by Gasteiger charge is 2.08. The van der Waals surface area contributed by atoms with Crippen LogP contribution in [0.3, 0.4) is 0 Å². The Balaban J connectivity index is 2.14. The average molecular weight is 326 g/mol. The molecule has 0 aliphatic heterocycles. The van der Waals surface area contributed by atoms with Gasteiger partial charge in [-0.2, -0.15) is 0 Å². The first-order chi connectivity index (χ1) is 12.1. The third-order valence-corrected chi connectivity index (χ3v) is 4.22. The fourth-order valence-corrected chi connectivity index (χ4v) is 3.00. The summed E-state index contributed by atoms with van der Waals surface area (Å²) in [6, 6.07) is 10.5. The second kappa shape index (κ2) is 7.23. The molecule has 0 amide bonds. The van der Waals surface area contributed by atoms with Crippen molar-refractivity contribution in [1.29, 1.82) is 0 Å². The van der Waals surface area contributed by atoms with Gasteiger partial charge >= 0.3 is 0 Å². The van der Waals surface area contributed by atoms with Crippen molar-refractivity contribution in [3.63, 3.8) is 0 Å². The lowest BCUT2D eigenvalue weighted by Crippen LogP contribution is -2.18. The lowest BCUT2D eigenvalue weighted by atomic mass is 10.0. The largest absolute Gasteiger partial charge is 0.456 e. The highest BCUT2D eigenvalue weighted by molar-refractivity contribution is 6.07. The third-order valence-electron chi connectivity index (χ3n) is 4.22. The highest BCUT2D eigenvalue weighted by Crippen LogP contribution is 2.25. The van der Waals surface area contributed by atoms with Crippen LogP contribution in [0.5, 0.6) is 0 Å². The van der Waals surface area contributed by atoms with E-state index in [0.717, 1.165) is 27.2 Å². The second-order valence-electron chi connectivity index (χ2n) is 6.12. The SMILES string of the molecule is C=C\C=C/C=C\C=C(C)/C=c1/oc2cc(C)c3ccccc3c2c1=C. The van der Waals surface area contributed by atoms with Crippen LogP contribution in [0.15, 0.2) is 83.4 Å². The first-order valence-electron chi connectivity index (χ1n) is 8.36. The van der Waals surface area contributed by atoms with E-state index in [1.54, 1.807) is 6.08 Å². The zero-order valence-corrected chi connectivity index (χ0v) is 14.8. The monoisotopic (exact) mass is 326 g/mol. The van der Waals surface area contributed by atoms with Crippen LogP contribution < -0.4 is 10.6 Å². The maximum atomic E-state index is 6.09. The molecule has 0 unspecified atom stereocenters. The number of hydrogen-bond acceptors (Lipinski definition) is 1. The summed E-state index contributed by atoms with van der Waals surface area (Å²) in [6.45, 7) is 12.1. The van der Waals surface area contributed by atoms with Crippen LogP contribution in [0, 0.1) is 6.92 Å². The van der Waals surface area contributed by atoms with Crippen LogP contribution in [0.2, 0.25) is 0 Å². The Bertz CT molecular complexity index is 1130. The molecular weight excluding hydrogens is 304 g/mol. The molecule has 3 aromatic rings. The van der Waals surface area contributed by atoms with Gasteiger partial charge in [0.05, 0.1) is 0 Å². The van der Waals surface area contributed by atoms with Crippen molar-refractivity contribution < 1.29 is 4.42 Å². The van der Waals surface area contributed by atoms with Gasteiger partial charge in [0, 0.05) is 10.6 Å². The lowest BCUT2D eigenvalue weighted by Gasteiger charge is -2.02. The van der Waals surface area contributed by atoms with Crippen LogP contribution in [0.1, 0.15) is 12.5 Å². The Kier molecular flexibility index (Phi) is 4.85. The fourth-order valence-electron chi connectivity index (χ4n) is 3.00. The third kappa shape index (κ3) is 3.41. The molecule has 25 heavy (non-hydrogen) atoms. The van der Waals surface area contributed by atoms with Crippen molar-refractivity contribution in [2.24, 2.45) is 0 Å². The average Bonchev–Trinajstić information content (AvgIpc) is 2.90. The number of rotatable bonds is 4. The molecular formula is C24H22O. The maximum Gasteiger partial charge on any atom is 0.136 e. The molecule has 0 saturated carbocycles. The minimum Gasteiger partial charge on any atom is -0.456 e. The van der Waals surface area contributed by atoms with E-state index >= 15 is 0 Å². The zero-order chi connectivity index (χ0) is 17.8. The van der Waals surface area contributed by atoms with E-state index in [-0.39, 0.29) is 0 Å². The number of hydrogen-bond donors (Lipinski definition) is 0. The van der Waals surface area contributed by atoms with Crippen molar-refractivity contribution in [3.05, 3.63) is 95.1 Å². The molecule has 0 bridgehead atoms.